The van der Waals surface area contributed by atoms with E-state index in [4.69, 9.17) is 23.7 Å². The van der Waals surface area contributed by atoms with Crippen LogP contribution in [0.3, 0.4) is 0 Å². The number of rotatable bonds is 16. The number of unbranched alkanes of at least 4 members (excludes halogenated alkanes) is 1. The molecule has 0 amide bonds. The average molecular weight is 380 g/mol. The van der Waals surface area contributed by atoms with Crippen LogP contribution in [0.1, 0.15) is 40.5 Å². The highest BCUT2D eigenvalue weighted by Gasteiger charge is 1.94. The van der Waals surface area contributed by atoms with E-state index in [0.717, 1.165) is 19.4 Å². The normalized spacial score (nSPS) is 10.0. The third-order valence-electron chi connectivity index (χ3n) is 2.66. The molecule has 8 heteroatoms. The predicted molar refractivity (Wildman–Crippen MR) is 97.1 cm³/mol. The quantitative estimate of drug-likeness (QED) is 0.297. The number of carbonyl (C=O) groups excluding carboxylic acids is 2. The van der Waals surface area contributed by atoms with Crippen molar-refractivity contribution in [2.75, 3.05) is 66.1 Å². The van der Waals surface area contributed by atoms with Gasteiger partial charge in [0.2, 0.25) is 0 Å². The van der Waals surface area contributed by atoms with E-state index in [-0.39, 0.29) is 11.9 Å². The molecule has 0 aliphatic rings. The summed E-state index contributed by atoms with van der Waals surface area (Å²) in [4.78, 5) is 20.5. The molecule has 0 saturated heterocycles. The van der Waals surface area contributed by atoms with E-state index in [1.807, 2.05) is 6.92 Å². The zero-order valence-electron chi connectivity index (χ0n) is 16.8. The van der Waals surface area contributed by atoms with Gasteiger partial charge in [-0.15, -0.1) is 0 Å². The summed E-state index contributed by atoms with van der Waals surface area (Å²) in [5, 5.41) is 0. The largest absolute Gasteiger partial charge is 0.463 e. The van der Waals surface area contributed by atoms with Crippen molar-refractivity contribution in [1.82, 2.24) is 0 Å². The molecule has 0 unspecified atom stereocenters. The molecule has 26 heavy (non-hydrogen) atoms. The molecule has 0 heterocycles. The van der Waals surface area contributed by atoms with Crippen LogP contribution in [0.5, 0.6) is 0 Å². The molecular weight excluding hydrogens is 344 g/mol. The number of ether oxygens (including phenoxy) is 6. The standard InChI is InChI=1S/C12H24O5.C6H12O3/c1-3-4-5-14-6-7-15-8-9-16-10-11-17-12(2)13;1-3-8-4-5-9-6(2)7/h3-11H2,1-2H3;3-5H2,1-2H3. The van der Waals surface area contributed by atoms with Gasteiger partial charge in [0, 0.05) is 27.1 Å². The fourth-order valence-electron chi connectivity index (χ4n) is 1.42. The highest BCUT2D eigenvalue weighted by Crippen LogP contribution is 1.88. The van der Waals surface area contributed by atoms with Gasteiger partial charge < -0.3 is 28.4 Å². The Morgan fingerprint density at radius 1 is 0.577 bits per heavy atom. The smallest absolute Gasteiger partial charge is 0.302 e. The maximum Gasteiger partial charge on any atom is 0.302 e. The molecule has 0 aromatic carbocycles. The van der Waals surface area contributed by atoms with Gasteiger partial charge in [-0.3, -0.25) is 9.59 Å². The lowest BCUT2D eigenvalue weighted by Gasteiger charge is -2.06. The lowest BCUT2D eigenvalue weighted by atomic mass is 10.4. The van der Waals surface area contributed by atoms with Crippen molar-refractivity contribution in [1.29, 1.82) is 0 Å². The number of carbonyl (C=O) groups is 2. The van der Waals surface area contributed by atoms with E-state index < -0.39 is 0 Å². The minimum absolute atomic E-state index is 0.255. The molecule has 0 aromatic rings. The zero-order valence-corrected chi connectivity index (χ0v) is 16.8. The van der Waals surface area contributed by atoms with E-state index in [1.165, 1.54) is 13.8 Å². The molecule has 0 N–H and O–H groups in total. The van der Waals surface area contributed by atoms with Crippen molar-refractivity contribution in [3.05, 3.63) is 0 Å². The van der Waals surface area contributed by atoms with Crippen molar-refractivity contribution in [2.24, 2.45) is 0 Å². The highest BCUT2D eigenvalue weighted by atomic mass is 16.6. The molecule has 156 valence electrons. The van der Waals surface area contributed by atoms with Crippen LogP contribution < -0.4 is 0 Å². The van der Waals surface area contributed by atoms with E-state index in [9.17, 15) is 9.59 Å². The van der Waals surface area contributed by atoms with Crippen LogP contribution >= 0.6 is 0 Å². The van der Waals surface area contributed by atoms with Crippen LogP contribution in [-0.4, -0.2) is 78.0 Å². The van der Waals surface area contributed by atoms with E-state index in [1.54, 1.807) is 0 Å². The Kier molecular flexibility index (Phi) is 24.7. The summed E-state index contributed by atoms with van der Waals surface area (Å²) in [6.07, 6.45) is 2.25. The minimum atomic E-state index is -0.283. The zero-order chi connectivity index (χ0) is 19.9. The second-order valence-corrected chi connectivity index (χ2v) is 5.07. The van der Waals surface area contributed by atoms with Gasteiger partial charge in [0.25, 0.3) is 0 Å². The Morgan fingerprint density at radius 2 is 0.962 bits per heavy atom. The van der Waals surface area contributed by atoms with Crippen LogP contribution in [0.15, 0.2) is 0 Å². The van der Waals surface area contributed by atoms with Gasteiger partial charge in [-0.25, -0.2) is 0 Å². The van der Waals surface area contributed by atoms with Gasteiger partial charge >= 0.3 is 11.9 Å². The highest BCUT2D eigenvalue weighted by molar-refractivity contribution is 5.66. The molecule has 8 nitrogen and oxygen atoms in total. The topological polar surface area (TPSA) is 89.5 Å². The second kappa shape index (κ2) is 23.8. The molecule has 0 aliphatic carbocycles. The summed E-state index contributed by atoms with van der Waals surface area (Å²) < 4.78 is 30.0. The Bertz CT molecular complexity index is 310. The van der Waals surface area contributed by atoms with Gasteiger partial charge in [0.1, 0.15) is 13.2 Å². The number of esters is 2. The average Bonchev–Trinajstić information content (AvgIpc) is 2.60. The molecule has 0 rings (SSSR count). The second-order valence-electron chi connectivity index (χ2n) is 5.07. The first-order valence-corrected chi connectivity index (χ1v) is 9.12. The maximum absolute atomic E-state index is 10.4. The van der Waals surface area contributed by atoms with Crippen molar-refractivity contribution < 1.29 is 38.0 Å². The summed E-state index contributed by atoms with van der Waals surface area (Å²) in [6.45, 7) is 12.1. The van der Waals surface area contributed by atoms with Crippen LogP contribution in [0, 0.1) is 0 Å². The molecule has 0 fully saturated rings. The number of hydrogen-bond acceptors (Lipinski definition) is 8. The third-order valence-corrected chi connectivity index (χ3v) is 2.66. The van der Waals surface area contributed by atoms with Gasteiger partial charge in [0.05, 0.1) is 39.6 Å². The number of hydrogen-bond donors (Lipinski definition) is 0. The van der Waals surface area contributed by atoms with Crippen LogP contribution in [0.4, 0.5) is 0 Å². The Hall–Kier alpha value is -1.22. The Balaban J connectivity index is 0. The monoisotopic (exact) mass is 380 g/mol. The summed E-state index contributed by atoms with van der Waals surface area (Å²) in [5.41, 5.74) is 0. The fraction of sp³-hybridized carbons (Fsp3) is 0.889. The van der Waals surface area contributed by atoms with Gasteiger partial charge in [0.15, 0.2) is 0 Å². The molecule has 0 aliphatic heterocycles. The van der Waals surface area contributed by atoms with Crippen LogP contribution in [0.2, 0.25) is 0 Å². The van der Waals surface area contributed by atoms with Gasteiger partial charge in [-0.2, -0.15) is 0 Å². The molecule has 0 bridgehead atoms. The van der Waals surface area contributed by atoms with Crippen molar-refractivity contribution in [2.45, 2.75) is 40.5 Å². The van der Waals surface area contributed by atoms with E-state index in [0.29, 0.717) is 59.5 Å². The van der Waals surface area contributed by atoms with Crippen molar-refractivity contribution in [3.8, 4) is 0 Å². The summed E-state index contributed by atoms with van der Waals surface area (Å²) in [6, 6.07) is 0. The van der Waals surface area contributed by atoms with E-state index in [2.05, 4.69) is 11.7 Å². The molecule has 0 spiro atoms. The minimum Gasteiger partial charge on any atom is -0.463 e. The molecule has 0 saturated carbocycles. The summed E-state index contributed by atoms with van der Waals surface area (Å²) in [7, 11) is 0. The molecular formula is C18H36O8. The lowest BCUT2D eigenvalue weighted by molar-refractivity contribution is -0.143. The first kappa shape index (κ1) is 27.0. The molecule has 0 radical (unpaired) electrons. The first-order chi connectivity index (χ1) is 12.5. The summed E-state index contributed by atoms with van der Waals surface area (Å²) >= 11 is 0. The maximum atomic E-state index is 10.4. The predicted octanol–water partition coefficient (Wildman–Crippen LogP) is 1.99. The Morgan fingerprint density at radius 3 is 1.35 bits per heavy atom. The molecule has 0 aromatic heterocycles. The Labute approximate surface area is 157 Å². The van der Waals surface area contributed by atoms with E-state index >= 15 is 0 Å². The fourth-order valence-corrected chi connectivity index (χ4v) is 1.42. The lowest BCUT2D eigenvalue weighted by Crippen LogP contribution is -2.12. The van der Waals surface area contributed by atoms with Crippen LogP contribution in [-0.2, 0) is 38.0 Å². The SMILES string of the molecule is CCCCOCCOCCOCCOC(C)=O.CCOCCOC(C)=O. The van der Waals surface area contributed by atoms with Crippen molar-refractivity contribution in [3.63, 3.8) is 0 Å². The third kappa shape index (κ3) is 30.6. The van der Waals surface area contributed by atoms with Gasteiger partial charge in [-0.1, -0.05) is 13.3 Å². The van der Waals surface area contributed by atoms with Gasteiger partial charge in [-0.05, 0) is 13.3 Å². The summed E-state index contributed by atoms with van der Waals surface area (Å²) in [5.74, 6) is -0.538. The molecule has 0 atom stereocenters. The first-order valence-electron chi connectivity index (χ1n) is 9.12. The van der Waals surface area contributed by atoms with Crippen LogP contribution in [0.25, 0.3) is 0 Å². The van der Waals surface area contributed by atoms with Crippen molar-refractivity contribution >= 4 is 11.9 Å².